The highest BCUT2D eigenvalue weighted by molar-refractivity contribution is 5.86. The number of hydrogen-bond donors (Lipinski definition) is 2. The Morgan fingerprint density at radius 3 is 2.86 bits per heavy atom. The number of piperidine rings is 1. The Morgan fingerprint density at radius 2 is 2.14 bits per heavy atom. The van der Waals surface area contributed by atoms with Gasteiger partial charge in [0.15, 0.2) is 0 Å². The summed E-state index contributed by atoms with van der Waals surface area (Å²) in [6, 6.07) is -0.697. The topological polar surface area (TPSA) is 66.4 Å². The van der Waals surface area contributed by atoms with Crippen LogP contribution in [0.15, 0.2) is 0 Å². The summed E-state index contributed by atoms with van der Waals surface area (Å²) >= 11 is 0. The first-order valence-corrected chi connectivity index (χ1v) is 5.20. The van der Waals surface area contributed by atoms with E-state index in [1.54, 1.807) is 0 Å². The molecule has 4 nitrogen and oxygen atoms in total. The molecule has 78 valence electrons. The molecule has 0 spiro atoms. The molecule has 0 aromatic carbocycles. The molecule has 0 bridgehead atoms. The molecule has 1 saturated carbocycles. The molecule has 3 unspecified atom stereocenters. The second-order valence-corrected chi connectivity index (χ2v) is 4.23. The maximum atomic E-state index is 11.5. The number of rotatable bonds is 1. The van der Waals surface area contributed by atoms with E-state index in [0.29, 0.717) is 18.8 Å². The van der Waals surface area contributed by atoms with Gasteiger partial charge in [0.2, 0.25) is 0 Å². The first-order chi connectivity index (χ1) is 6.68. The van der Waals surface area contributed by atoms with Gasteiger partial charge in [0.25, 0.3) is 0 Å². The second kappa shape index (κ2) is 3.69. The van der Waals surface area contributed by atoms with E-state index < -0.39 is 12.0 Å². The van der Waals surface area contributed by atoms with E-state index in [1.165, 1.54) is 0 Å². The normalized spacial score (nSPS) is 37.7. The van der Waals surface area contributed by atoms with Gasteiger partial charge in [-0.2, -0.15) is 0 Å². The Bertz CT molecular complexity index is 264. The van der Waals surface area contributed by atoms with Crippen molar-refractivity contribution >= 4 is 11.8 Å². The van der Waals surface area contributed by atoms with Gasteiger partial charge in [0.1, 0.15) is 11.8 Å². The van der Waals surface area contributed by atoms with E-state index >= 15 is 0 Å². The zero-order valence-corrected chi connectivity index (χ0v) is 8.03. The van der Waals surface area contributed by atoms with Gasteiger partial charge < -0.3 is 5.11 Å². The fourth-order valence-electron chi connectivity index (χ4n) is 2.54. The predicted octanol–water partition coefficient (Wildman–Crippen LogP) is 0.561. The molecular formula is C10H15NO3. The average Bonchev–Trinajstić information content (AvgIpc) is 2.18. The van der Waals surface area contributed by atoms with Crippen LogP contribution in [0.2, 0.25) is 0 Å². The molecule has 1 aliphatic heterocycles. The van der Waals surface area contributed by atoms with Crippen LogP contribution in [-0.4, -0.2) is 28.9 Å². The van der Waals surface area contributed by atoms with Crippen molar-refractivity contribution in [2.45, 2.75) is 44.2 Å². The summed E-state index contributed by atoms with van der Waals surface area (Å²) in [5.41, 5.74) is 0. The SMILES string of the molecule is O=C(O)C1CCC2CCCC(=O)C2N1. The maximum absolute atomic E-state index is 11.5. The lowest BCUT2D eigenvalue weighted by atomic mass is 9.77. The van der Waals surface area contributed by atoms with Crippen LogP contribution in [0.4, 0.5) is 0 Å². The maximum Gasteiger partial charge on any atom is 0.320 e. The van der Waals surface area contributed by atoms with Crippen LogP contribution < -0.4 is 5.32 Å². The average molecular weight is 197 g/mol. The molecule has 2 fully saturated rings. The molecule has 0 aromatic heterocycles. The van der Waals surface area contributed by atoms with Gasteiger partial charge in [0, 0.05) is 6.42 Å². The molecule has 3 atom stereocenters. The summed E-state index contributed by atoms with van der Waals surface area (Å²) in [6.45, 7) is 0. The lowest BCUT2D eigenvalue weighted by Gasteiger charge is -2.37. The lowest BCUT2D eigenvalue weighted by molar-refractivity contribution is -0.141. The fraction of sp³-hybridized carbons (Fsp3) is 0.800. The lowest BCUT2D eigenvalue weighted by Crippen LogP contribution is -2.55. The van der Waals surface area contributed by atoms with Gasteiger partial charge in [-0.1, -0.05) is 0 Å². The number of carbonyl (C=O) groups is 2. The van der Waals surface area contributed by atoms with Crippen LogP contribution in [0, 0.1) is 5.92 Å². The molecule has 1 heterocycles. The standard InChI is InChI=1S/C10H15NO3/c12-8-3-1-2-6-4-5-7(10(13)14)11-9(6)8/h6-7,9,11H,1-5H2,(H,13,14). The largest absolute Gasteiger partial charge is 0.480 e. The third-order valence-corrected chi connectivity index (χ3v) is 3.32. The van der Waals surface area contributed by atoms with Crippen LogP contribution in [0.5, 0.6) is 0 Å². The number of hydrogen-bond acceptors (Lipinski definition) is 3. The summed E-state index contributed by atoms with van der Waals surface area (Å²) in [4.78, 5) is 22.3. The third-order valence-electron chi connectivity index (χ3n) is 3.32. The molecule has 0 aromatic rings. The predicted molar refractivity (Wildman–Crippen MR) is 49.9 cm³/mol. The number of ketones is 1. The Balaban J connectivity index is 2.05. The summed E-state index contributed by atoms with van der Waals surface area (Å²) in [5.74, 6) is -0.249. The molecule has 1 saturated heterocycles. The quantitative estimate of drug-likeness (QED) is 0.644. The zero-order valence-electron chi connectivity index (χ0n) is 8.03. The van der Waals surface area contributed by atoms with Crippen LogP contribution in [-0.2, 0) is 9.59 Å². The van der Waals surface area contributed by atoms with Crippen molar-refractivity contribution in [1.29, 1.82) is 0 Å². The van der Waals surface area contributed by atoms with Crippen molar-refractivity contribution < 1.29 is 14.7 Å². The Kier molecular flexibility index (Phi) is 2.54. The summed E-state index contributed by atoms with van der Waals surface area (Å²) in [7, 11) is 0. The molecule has 4 heteroatoms. The highest BCUT2D eigenvalue weighted by atomic mass is 16.4. The Labute approximate surface area is 82.7 Å². The molecule has 0 amide bonds. The summed E-state index contributed by atoms with van der Waals surface area (Å²) in [5, 5.41) is 11.8. The minimum atomic E-state index is -0.832. The highest BCUT2D eigenvalue weighted by Crippen LogP contribution is 2.30. The Hall–Kier alpha value is -0.900. The van der Waals surface area contributed by atoms with Gasteiger partial charge in [-0.15, -0.1) is 0 Å². The van der Waals surface area contributed by atoms with Crippen LogP contribution >= 0.6 is 0 Å². The monoisotopic (exact) mass is 197 g/mol. The van der Waals surface area contributed by atoms with E-state index in [2.05, 4.69) is 5.32 Å². The number of aliphatic carboxylic acids is 1. The van der Waals surface area contributed by atoms with Crippen molar-refractivity contribution in [3.05, 3.63) is 0 Å². The highest BCUT2D eigenvalue weighted by Gasteiger charge is 2.38. The second-order valence-electron chi connectivity index (χ2n) is 4.23. The van der Waals surface area contributed by atoms with Crippen molar-refractivity contribution in [2.24, 2.45) is 5.92 Å². The first kappa shape index (κ1) is 9.65. The molecule has 1 aliphatic carbocycles. The zero-order chi connectivity index (χ0) is 10.1. The van der Waals surface area contributed by atoms with Gasteiger partial charge in [-0.3, -0.25) is 14.9 Å². The minimum Gasteiger partial charge on any atom is -0.480 e. The number of carboxylic acid groups (broad SMARTS) is 1. The first-order valence-electron chi connectivity index (χ1n) is 5.20. The third kappa shape index (κ3) is 1.66. The van der Waals surface area contributed by atoms with Crippen molar-refractivity contribution in [2.75, 3.05) is 0 Å². The van der Waals surface area contributed by atoms with Crippen molar-refractivity contribution in [3.63, 3.8) is 0 Å². The van der Waals surface area contributed by atoms with E-state index in [-0.39, 0.29) is 11.8 Å². The molecule has 14 heavy (non-hydrogen) atoms. The molecule has 2 N–H and O–H groups in total. The number of carboxylic acids is 1. The van der Waals surface area contributed by atoms with E-state index in [1.807, 2.05) is 0 Å². The van der Waals surface area contributed by atoms with Gasteiger partial charge in [-0.05, 0) is 31.6 Å². The fourth-order valence-corrected chi connectivity index (χ4v) is 2.54. The van der Waals surface area contributed by atoms with E-state index in [4.69, 9.17) is 5.11 Å². The Morgan fingerprint density at radius 1 is 1.36 bits per heavy atom. The smallest absolute Gasteiger partial charge is 0.320 e. The number of nitrogens with one attached hydrogen (secondary N) is 1. The van der Waals surface area contributed by atoms with Crippen molar-refractivity contribution in [1.82, 2.24) is 5.32 Å². The summed E-state index contributed by atoms with van der Waals surface area (Å²) < 4.78 is 0. The number of carbonyl (C=O) groups excluding carboxylic acids is 1. The molecule has 0 radical (unpaired) electrons. The molecule has 2 aliphatic rings. The molecular weight excluding hydrogens is 182 g/mol. The minimum absolute atomic E-state index is 0.182. The van der Waals surface area contributed by atoms with Gasteiger partial charge >= 0.3 is 5.97 Å². The summed E-state index contributed by atoms with van der Waals surface area (Å²) in [6.07, 6.45) is 4.18. The van der Waals surface area contributed by atoms with Crippen LogP contribution in [0.25, 0.3) is 0 Å². The van der Waals surface area contributed by atoms with Gasteiger partial charge in [0.05, 0.1) is 6.04 Å². The number of fused-ring (bicyclic) bond motifs is 1. The van der Waals surface area contributed by atoms with E-state index in [0.717, 1.165) is 19.3 Å². The molecule has 2 rings (SSSR count). The van der Waals surface area contributed by atoms with Gasteiger partial charge in [-0.25, -0.2) is 0 Å². The van der Waals surface area contributed by atoms with E-state index in [9.17, 15) is 9.59 Å². The van der Waals surface area contributed by atoms with Crippen LogP contribution in [0.1, 0.15) is 32.1 Å². The van der Waals surface area contributed by atoms with Crippen LogP contribution in [0.3, 0.4) is 0 Å². The van der Waals surface area contributed by atoms with Crippen molar-refractivity contribution in [3.8, 4) is 0 Å². The number of Topliss-reactive ketones (excluding diaryl/α,β-unsaturated/α-hetero) is 1.